The van der Waals surface area contributed by atoms with Crippen LogP contribution in [0.2, 0.25) is 0 Å². The summed E-state index contributed by atoms with van der Waals surface area (Å²) in [5, 5.41) is 11.5. The molecule has 0 fully saturated rings. The zero-order valence-electron chi connectivity index (χ0n) is 15.6. The summed E-state index contributed by atoms with van der Waals surface area (Å²) in [6.07, 6.45) is 0. The monoisotopic (exact) mass is 361 g/mol. The van der Waals surface area contributed by atoms with Crippen molar-refractivity contribution in [1.82, 2.24) is 10.3 Å². The van der Waals surface area contributed by atoms with E-state index in [1.54, 1.807) is 0 Å². The number of furan rings is 1. The topological polar surface area (TPSA) is 81.2 Å². The van der Waals surface area contributed by atoms with E-state index in [2.05, 4.69) is 15.6 Å². The Labute approximate surface area is 156 Å². The highest BCUT2D eigenvalue weighted by atomic mass is 16.6. The van der Waals surface area contributed by atoms with Gasteiger partial charge in [0, 0.05) is 16.5 Å². The van der Waals surface area contributed by atoms with Crippen LogP contribution in [0.25, 0.3) is 22.2 Å². The minimum atomic E-state index is -0.387. The molecule has 0 radical (unpaired) electrons. The maximum absolute atomic E-state index is 12.8. The summed E-state index contributed by atoms with van der Waals surface area (Å²) in [5.74, 6) is 0.131. The molecule has 1 amide bonds. The molecular formula is C21H19N3O3. The van der Waals surface area contributed by atoms with Gasteiger partial charge >= 0.3 is 0 Å². The molecule has 0 unspecified atom stereocenters. The quantitative estimate of drug-likeness (QED) is 0.557. The number of nitrogens with one attached hydrogen (secondary N) is 1. The van der Waals surface area contributed by atoms with Gasteiger partial charge in [-0.1, -0.05) is 24.3 Å². The molecule has 27 heavy (non-hydrogen) atoms. The van der Waals surface area contributed by atoms with E-state index >= 15 is 0 Å². The third kappa shape index (κ3) is 2.99. The van der Waals surface area contributed by atoms with Gasteiger partial charge in [-0.2, -0.15) is 0 Å². The normalized spacial score (nSPS) is 11.1. The SMILES string of the molecule is Cc1ccc2c(C)c(C(=O)Nc3nonc3-c3ccc(C)c(C)c3)oc2c1. The van der Waals surface area contributed by atoms with Gasteiger partial charge < -0.3 is 4.42 Å². The number of benzene rings is 2. The summed E-state index contributed by atoms with van der Waals surface area (Å²) in [6, 6.07) is 11.8. The van der Waals surface area contributed by atoms with Gasteiger partial charge in [0.2, 0.25) is 5.82 Å². The van der Waals surface area contributed by atoms with Crippen molar-refractivity contribution in [2.75, 3.05) is 5.32 Å². The molecule has 4 rings (SSSR count). The molecule has 0 saturated heterocycles. The Bertz CT molecular complexity index is 1170. The first-order valence-electron chi connectivity index (χ1n) is 8.65. The number of hydrogen-bond donors (Lipinski definition) is 1. The Hall–Kier alpha value is -3.41. The van der Waals surface area contributed by atoms with E-state index in [0.29, 0.717) is 11.3 Å². The molecule has 1 N–H and O–H groups in total. The van der Waals surface area contributed by atoms with E-state index in [1.165, 1.54) is 5.56 Å². The zero-order valence-corrected chi connectivity index (χ0v) is 15.6. The third-order valence-corrected chi connectivity index (χ3v) is 4.80. The van der Waals surface area contributed by atoms with Crippen LogP contribution in [-0.2, 0) is 0 Å². The van der Waals surface area contributed by atoms with Crippen molar-refractivity contribution in [2.24, 2.45) is 0 Å². The zero-order chi connectivity index (χ0) is 19.1. The molecule has 0 saturated carbocycles. The number of carbonyl (C=O) groups is 1. The smallest absolute Gasteiger partial charge is 0.292 e. The predicted molar refractivity (Wildman–Crippen MR) is 103 cm³/mol. The van der Waals surface area contributed by atoms with Gasteiger partial charge in [-0.3, -0.25) is 10.1 Å². The highest BCUT2D eigenvalue weighted by Crippen LogP contribution is 2.29. The van der Waals surface area contributed by atoms with Crippen LogP contribution in [-0.4, -0.2) is 16.2 Å². The van der Waals surface area contributed by atoms with Crippen molar-refractivity contribution in [3.63, 3.8) is 0 Å². The average Bonchev–Trinajstić information content (AvgIpc) is 3.22. The number of rotatable bonds is 3. The Morgan fingerprint density at radius 3 is 2.56 bits per heavy atom. The van der Waals surface area contributed by atoms with E-state index in [1.807, 2.05) is 64.1 Å². The molecule has 0 atom stereocenters. The summed E-state index contributed by atoms with van der Waals surface area (Å²) >= 11 is 0. The Kier molecular flexibility index (Phi) is 4.03. The number of nitrogens with zero attached hydrogens (tertiary/aromatic N) is 2. The Morgan fingerprint density at radius 2 is 1.78 bits per heavy atom. The number of aryl methyl sites for hydroxylation is 4. The van der Waals surface area contributed by atoms with Crippen LogP contribution in [0.5, 0.6) is 0 Å². The standard InChI is InChI=1S/C21H19N3O3/c1-11-5-8-16-14(4)19(26-17(16)9-11)21(25)22-20-18(23-27-24-20)15-7-6-12(2)13(3)10-15/h5-10H,1-4H3,(H,22,24,25). The number of amides is 1. The van der Waals surface area contributed by atoms with Gasteiger partial charge in [0.15, 0.2) is 11.5 Å². The van der Waals surface area contributed by atoms with Crippen LogP contribution in [0, 0.1) is 27.7 Å². The molecule has 2 aromatic heterocycles. The molecule has 6 nitrogen and oxygen atoms in total. The molecular weight excluding hydrogens is 342 g/mol. The van der Waals surface area contributed by atoms with Crippen LogP contribution in [0.15, 0.2) is 45.4 Å². The molecule has 4 aromatic rings. The number of fused-ring (bicyclic) bond motifs is 1. The third-order valence-electron chi connectivity index (χ3n) is 4.80. The molecule has 2 heterocycles. The first-order chi connectivity index (χ1) is 12.9. The number of carbonyl (C=O) groups excluding carboxylic acids is 1. The molecule has 0 aliphatic carbocycles. The predicted octanol–water partition coefficient (Wildman–Crippen LogP) is 4.97. The van der Waals surface area contributed by atoms with E-state index in [9.17, 15) is 4.79 Å². The highest BCUT2D eigenvalue weighted by Gasteiger charge is 2.21. The van der Waals surface area contributed by atoms with Gasteiger partial charge in [0.05, 0.1) is 0 Å². The first-order valence-corrected chi connectivity index (χ1v) is 8.65. The second-order valence-corrected chi connectivity index (χ2v) is 6.77. The average molecular weight is 361 g/mol. The first kappa shape index (κ1) is 17.0. The highest BCUT2D eigenvalue weighted by molar-refractivity contribution is 6.07. The summed E-state index contributed by atoms with van der Waals surface area (Å²) in [4.78, 5) is 12.8. The summed E-state index contributed by atoms with van der Waals surface area (Å²) in [7, 11) is 0. The molecule has 2 aromatic carbocycles. The van der Waals surface area contributed by atoms with Crippen molar-refractivity contribution < 1.29 is 13.8 Å². The van der Waals surface area contributed by atoms with Crippen LogP contribution in [0.3, 0.4) is 0 Å². The van der Waals surface area contributed by atoms with Crippen molar-refractivity contribution in [3.05, 3.63) is 64.4 Å². The summed E-state index contributed by atoms with van der Waals surface area (Å²) in [5.41, 5.74) is 6.14. The summed E-state index contributed by atoms with van der Waals surface area (Å²) in [6.45, 7) is 7.90. The fourth-order valence-electron chi connectivity index (χ4n) is 3.06. The van der Waals surface area contributed by atoms with Crippen LogP contribution in [0.1, 0.15) is 32.8 Å². The lowest BCUT2D eigenvalue weighted by Crippen LogP contribution is -2.13. The van der Waals surface area contributed by atoms with Gasteiger partial charge in [0.1, 0.15) is 5.58 Å². The second-order valence-electron chi connectivity index (χ2n) is 6.77. The maximum Gasteiger partial charge on any atom is 0.292 e. The van der Waals surface area contributed by atoms with Gasteiger partial charge in [-0.15, -0.1) is 0 Å². The van der Waals surface area contributed by atoms with E-state index in [4.69, 9.17) is 9.05 Å². The minimum Gasteiger partial charge on any atom is -0.451 e. The lowest BCUT2D eigenvalue weighted by Gasteiger charge is -2.04. The van der Waals surface area contributed by atoms with Gasteiger partial charge in [-0.25, -0.2) is 4.63 Å². The fourth-order valence-corrected chi connectivity index (χ4v) is 3.06. The molecule has 136 valence electrons. The maximum atomic E-state index is 12.8. The molecule has 6 heteroatoms. The Balaban J connectivity index is 1.67. The van der Waals surface area contributed by atoms with Crippen LogP contribution < -0.4 is 5.32 Å². The van der Waals surface area contributed by atoms with E-state index < -0.39 is 0 Å². The Morgan fingerprint density at radius 1 is 0.963 bits per heavy atom. The molecule has 0 aliphatic heterocycles. The molecule has 0 spiro atoms. The second kappa shape index (κ2) is 6.39. The molecule has 0 bridgehead atoms. The lowest BCUT2D eigenvalue weighted by atomic mass is 10.0. The number of anilines is 1. The van der Waals surface area contributed by atoms with Gasteiger partial charge in [0.25, 0.3) is 5.91 Å². The van der Waals surface area contributed by atoms with Crippen LogP contribution >= 0.6 is 0 Å². The van der Waals surface area contributed by atoms with Crippen molar-refractivity contribution in [3.8, 4) is 11.3 Å². The van der Waals surface area contributed by atoms with Crippen molar-refractivity contribution in [1.29, 1.82) is 0 Å². The van der Waals surface area contributed by atoms with E-state index in [-0.39, 0.29) is 17.5 Å². The van der Waals surface area contributed by atoms with Crippen molar-refractivity contribution >= 4 is 22.7 Å². The minimum absolute atomic E-state index is 0.254. The fraction of sp³-hybridized carbons (Fsp3) is 0.190. The lowest BCUT2D eigenvalue weighted by molar-refractivity contribution is 0.0997. The van der Waals surface area contributed by atoms with Crippen molar-refractivity contribution in [2.45, 2.75) is 27.7 Å². The number of aromatic nitrogens is 2. The van der Waals surface area contributed by atoms with Gasteiger partial charge in [-0.05, 0) is 66.8 Å². The number of hydrogen-bond acceptors (Lipinski definition) is 5. The van der Waals surface area contributed by atoms with Crippen LogP contribution in [0.4, 0.5) is 5.82 Å². The van der Waals surface area contributed by atoms with E-state index in [0.717, 1.165) is 27.6 Å². The summed E-state index contributed by atoms with van der Waals surface area (Å²) < 4.78 is 10.6. The molecule has 0 aliphatic rings. The largest absolute Gasteiger partial charge is 0.451 e.